The van der Waals surface area contributed by atoms with Gasteiger partial charge in [0.15, 0.2) is 0 Å². The number of aromatic amines is 1. The number of nitrogens with one attached hydrogen (secondary N) is 2. The molecule has 0 bridgehead atoms. The lowest BCUT2D eigenvalue weighted by Gasteiger charge is -2.32. The van der Waals surface area contributed by atoms with Crippen molar-refractivity contribution in [3.8, 4) is 11.3 Å². The smallest absolute Gasteiger partial charge is 0.243 e. The van der Waals surface area contributed by atoms with Gasteiger partial charge < -0.3 is 26.0 Å². The fourth-order valence-electron chi connectivity index (χ4n) is 3.71. The summed E-state index contributed by atoms with van der Waals surface area (Å²) < 4.78 is 0. The minimum atomic E-state index is -0.734. The predicted octanol–water partition coefficient (Wildman–Crippen LogP) is 1.94. The summed E-state index contributed by atoms with van der Waals surface area (Å²) in [6.45, 7) is 8.18. The van der Waals surface area contributed by atoms with Crippen LogP contribution >= 0.6 is 0 Å². The van der Waals surface area contributed by atoms with Crippen LogP contribution < -0.4 is 11.1 Å². The van der Waals surface area contributed by atoms with Gasteiger partial charge in [0, 0.05) is 31.4 Å². The second-order valence-electron chi connectivity index (χ2n) is 9.19. The van der Waals surface area contributed by atoms with Crippen molar-refractivity contribution >= 4 is 11.8 Å². The van der Waals surface area contributed by atoms with Crippen LogP contribution in [0.25, 0.3) is 11.3 Å². The number of H-pyrrole nitrogens is 1. The Kier molecular flexibility index (Phi) is 6.33. The molecule has 30 heavy (non-hydrogen) atoms. The summed E-state index contributed by atoms with van der Waals surface area (Å²) >= 11 is 0. The van der Waals surface area contributed by atoms with E-state index in [2.05, 4.69) is 17.2 Å². The van der Waals surface area contributed by atoms with Crippen LogP contribution in [0, 0.1) is 12.3 Å². The SMILES string of the molecule is Cc1cc[nH]c1-c1ccc(CNC(=O)[C@@H]2C[C@@H](O)CN2C(=O)[C@@H](N)C(C)(C)C)cc1. The number of hydrogen-bond acceptors (Lipinski definition) is 4. The number of amides is 2. The van der Waals surface area contributed by atoms with Gasteiger partial charge in [0.2, 0.25) is 11.8 Å². The highest BCUT2D eigenvalue weighted by Gasteiger charge is 2.42. The first-order chi connectivity index (χ1) is 14.1. The number of carbonyl (C=O) groups excluding carboxylic acids is 2. The van der Waals surface area contributed by atoms with Crippen molar-refractivity contribution in [2.24, 2.45) is 11.1 Å². The summed E-state index contributed by atoms with van der Waals surface area (Å²) in [5.41, 5.74) is 9.97. The van der Waals surface area contributed by atoms with Crippen molar-refractivity contribution in [3.05, 3.63) is 47.7 Å². The van der Waals surface area contributed by atoms with Crippen LogP contribution in [0.15, 0.2) is 36.5 Å². The lowest BCUT2D eigenvalue weighted by atomic mass is 9.86. The second-order valence-corrected chi connectivity index (χ2v) is 9.19. The molecule has 1 aromatic carbocycles. The van der Waals surface area contributed by atoms with Gasteiger partial charge in [0.1, 0.15) is 6.04 Å². The van der Waals surface area contributed by atoms with Crippen LogP contribution in [0.5, 0.6) is 0 Å². The molecule has 0 spiro atoms. The summed E-state index contributed by atoms with van der Waals surface area (Å²) in [6.07, 6.45) is 1.41. The Morgan fingerprint density at radius 3 is 2.50 bits per heavy atom. The van der Waals surface area contributed by atoms with E-state index in [1.54, 1.807) is 0 Å². The number of carbonyl (C=O) groups is 2. The Hall–Kier alpha value is -2.64. The molecule has 0 aliphatic carbocycles. The van der Waals surface area contributed by atoms with Gasteiger partial charge in [-0.3, -0.25) is 9.59 Å². The highest BCUT2D eigenvalue weighted by Crippen LogP contribution is 2.25. The number of hydrogen-bond donors (Lipinski definition) is 4. The van der Waals surface area contributed by atoms with E-state index in [9.17, 15) is 14.7 Å². The number of likely N-dealkylation sites (tertiary alicyclic amines) is 1. The molecule has 1 aliphatic heterocycles. The third kappa shape index (κ3) is 4.74. The number of nitrogens with two attached hydrogens (primary N) is 1. The largest absolute Gasteiger partial charge is 0.391 e. The van der Waals surface area contributed by atoms with Crippen LogP contribution in [0.3, 0.4) is 0 Å². The van der Waals surface area contributed by atoms with Crippen molar-refractivity contribution in [1.82, 2.24) is 15.2 Å². The molecule has 0 radical (unpaired) electrons. The molecule has 7 nitrogen and oxygen atoms in total. The van der Waals surface area contributed by atoms with E-state index < -0.39 is 23.6 Å². The number of aliphatic hydroxyl groups excluding tert-OH is 1. The Labute approximate surface area is 177 Å². The van der Waals surface area contributed by atoms with Crippen molar-refractivity contribution in [2.75, 3.05) is 6.54 Å². The molecular formula is C23H32N4O3. The maximum Gasteiger partial charge on any atom is 0.243 e. The van der Waals surface area contributed by atoms with Crippen molar-refractivity contribution in [1.29, 1.82) is 0 Å². The molecule has 2 aromatic rings. The van der Waals surface area contributed by atoms with E-state index in [0.29, 0.717) is 6.54 Å². The zero-order chi connectivity index (χ0) is 22.1. The van der Waals surface area contributed by atoms with Gasteiger partial charge in [0.05, 0.1) is 12.1 Å². The van der Waals surface area contributed by atoms with Crippen molar-refractivity contribution in [2.45, 2.75) is 58.8 Å². The summed E-state index contributed by atoms with van der Waals surface area (Å²) in [5.74, 6) is -0.574. The number of aryl methyl sites for hydroxylation is 1. The third-order valence-corrected chi connectivity index (χ3v) is 5.73. The lowest BCUT2D eigenvalue weighted by Crippen LogP contribution is -2.54. The number of rotatable bonds is 5. The minimum Gasteiger partial charge on any atom is -0.391 e. The van der Waals surface area contributed by atoms with E-state index in [1.165, 1.54) is 10.5 Å². The van der Waals surface area contributed by atoms with Gasteiger partial charge in [-0.05, 0) is 35.1 Å². The van der Waals surface area contributed by atoms with Crippen LogP contribution in [0.1, 0.15) is 38.3 Å². The zero-order valence-corrected chi connectivity index (χ0v) is 18.1. The average Bonchev–Trinajstić information content (AvgIpc) is 3.30. The van der Waals surface area contributed by atoms with Crippen LogP contribution in [-0.4, -0.2) is 51.5 Å². The Balaban J connectivity index is 1.63. The van der Waals surface area contributed by atoms with Crippen LogP contribution in [0.4, 0.5) is 0 Å². The average molecular weight is 413 g/mol. The highest BCUT2D eigenvalue weighted by atomic mass is 16.3. The third-order valence-electron chi connectivity index (χ3n) is 5.73. The van der Waals surface area contributed by atoms with Gasteiger partial charge in [-0.2, -0.15) is 0 Å². The van der Waals surface area contributed by atoms with E-state index in [4.69, 9.17) is 5.73 Å². The standard InChI is InChI=1S/C23H32N4O3/c1-14-9-10-25-19(14)16-7-5-15(6-8-16)12-26-21(29)18-11-17(28)13-27(18)22(30)20(24)23(2,3)4/h5-10,17-18,20,25,28H,11-13,24H2,1-4H3,(H,26,29)/t17-,18+,20-/m1/s1. The van der Waals surface area contributed by atoms with Crippen molar-refractivity contribution in [3.63, 3.8) is 0 Å². The number of aliphatic hydroxyl groups is 1. The predicted molar refractivity (Wildman–Crippen MR) is 116 cm³/mol. The van der Waals surface area contributed by atoms with Gasteiger partial charge in [-0.25, -0.2) is 0 Å². The van der Waals surface area contributed by atoms with E-state index >= 15 is 0 Å². The monoisotopic (exact) mass is 412 g/mol. The molecule has 7 heteroatoms. The summed E-state index contributed by atoms with van der Waals surface area (Å²) in [4.78, 5) is 30.2. The fourth-order valence-corrected chi connectivity index (χ4v) is 3.71. The Morgan fingerprint density at radius 1 is 1.27 bits per heavy atom. The molecular weight excluding hydrogens is 380 g/mol. The summed E-state index contributed by atoms with van der Waals surface area (Å²) in [6, 6.07) is 8.55. The fraction of sp³-hybridized carbons (Fsp3) is 0.478. The van der Waals surface area contributed by atoms with Gasteiger partial charge in [-0.15, -0.1) is 0 Å². The van der Waals surface area contributed by atoms with E-state index in [-0.39, 0.29) is 24.8 Å². The number of aromatic nitrogens is 1. The summed E-state index contributed by atoms with van der Waals surface area (Å²) in [5, 5.41) is 13.0. The summed E-state index contributed by atoms with van der Waals surface area (Å²) in [7, 11) is 0. The maximum atomic E-state index is 12.8. The topological polar surface area (TPSA) is 111 Å². The quantitative estimate of drug-likeness (QED) is 0.601. The first-order valence-corrected chi connectivity index (χ1v) is 10.3. The number of nitrogens with zero attached hydrogens (tertiary/aromatic N) is 1. The molecule has 0 unspecified atom stereocenters. The molecule has 1 fully saturated rings. The molecule has 1 aromatic heterocycles. The van der Waals surface area contributed by atoms with Gasteiger partial charge >= 0.3 is 0 Å². The Morgan fingerprint density at radius 2 is 1.93 bits per heavy atom. The molecule has 162 valence electrons. The lowest BCUT2D eigenvalue weighted by molar-refractivity contribution is -0.141. The first kappa shape index (κ1) is 22.1. The van der Waals surface area contributed by atoms with E-state index in [0.717, 1.165) is 16.8 Å². The van der Waals surface area contributed by atoms with E-state index in [1.807, 2.05) is 57.3 Å². The van der Waals surface area contributed by atoms with Crippen LogP contribution in [-0.2, 0) is 16.1 Å². The molecule has 3 atom stereocenters. The van der Waals surface area contributed by atoms with Crippen LogP contribution in [0.2, 0.25) is 0 Å². The number of β-amino-alcohol motifs (C(OH)–C–C–N with tert-alkyl or cyclic N) is 1. The molecule has 1 saturated heterocycles. The number of benzene rings is 1. The first-order valence-electron chi connectivity index (χ1n) is 10.3. The molecule has 3 rings (SSSR count). The van der Waals surface area contributed by atoms with Gasteiger partial charge in [0.25, 0.3) is 0 Å². The van der Waals surface area contributed by atoms with Crippen molar-refractivity contribution < 1.29 is 14.7 Å². The molecule has 1 aliphatic rings. The molecule has 2 heterocycles. The normalized spacial score (nSPS) is 20.3. The molecule has 2 amide bonds. The minimum absolute atomic E-state index is 0.130. The second kappa shape index (κ2) is 8.62. The van der Waals surface area contributed by atoms with Gasteiger partial charge in [-0.1, -0.05) is 45.0 Å². The zero-order valence-electron chi connectivity index (χ0n) is 18.1. The molecule has 0 saturated carbocycles. The Bertz CT molecular complexity index is 898. The molecule has 5 N–H and O–H groups in total. The highest BCUT2D eigenvalue weighted by molar-refractivity contribution is 5.90. The maximum absolute atomic E-state index is 12.8.